The maximum absolute atomic E-state index is 13.0. The number of carbonyl (C=O) groups is 1. The lowest BCUT2D eigenvalue weighted by Crippen LogP contribution is -2.17. The second-order valence-corrected chi connectivity index (χ2v) is 7.10. The second-order valence-electron chi connectivity index (χ2n) is 7.10. The predicted octanol–water partition coefficient (Wildman–Crippen LogP) is 3.75. The largest absolute Gasteiger partial charge is 0.298 e. The van der Waals surface area contributed by atoms with Crippen molar-refractivity contribution in [2.45, 2.75) is 44.1 Å². The van der Waals surface area contributed by atoms with Crippen molar-refractivity contribution >= 4 is 22.5 Å². The first-order valence-corrected chi connectivity index (χ1v) is 8.97. The summed E-state index contributed by atoms with van der Waals surface area (Å²) in [6, 6.07) is 5.89. The topological polar surface area (TPSA) is 65.0 Å². The molecule has 2 heterocycles. The number of carbonyl (C=O) groups excluding carboxylic acids is 1. The van der Waals surface area contributed by atoms with Gasteiger partial charge in [-0.2, -0.15) is 5.10 Å². The average Bonchev–Trinajstić information content (AvgIpc) is 3.37. The Morgan fingerprint density at radius 2 is 2.08 bits per heavy atom. The van der Waals surface area contributed by atoms with Gasteiger partial charge in [-0.1, -0.05) is 31.0 Å². The van der Waals surface area contributed by atoms with Gasteiger partial charge < -0.3 is 0 Å². The van der Waals surface area contributed by atoms with Crippen molar-refractivity contribution in [3.05, 3.63) is 59.0 Å². The van der Waals surface area contributed by atoms with E-state index in [0.717, 1.165) is 35.0 Å². The number of hydrogen-bond acceptors (Lipinski definition) is 4. The minimum Gasteiger partial charge on any atom is -0.298 e. The second kappa shape index (κ2) is 5.73. The predicted molar refractivity (Wildman–Crippen MR) is 96.1 cm³/mol. The molecule has 6 nitrogen and oxygen atoms in total. The fraction of sp³-hybridized carbons (Fsp3) is 0.350. The van der Waals surface area contributed by atoms with Gasteiger partial charge in [0.05, 0.1) is 29.6 Å². The van der Waals surface area contributed by atoms with Crippen molar-refractivity contribution in [2.24, 2.45) is 0 Å². The highest BCUT2D eigenvalue weighted by Crippen LogP contribution is 2.42. The Hall–Kier alpha value is -3.07. The van der Waals surface area contributed by atoms with Gasteiger partial charge in [0.25, 0.3) is 0 Å². The van der Waals surface area contributed by atoms with Gasteiger partial charge in [0, 0.05) is 12.6 Å². The summed E-state index contributed by atoms with van der Waals surface area (Å²) in [5, 5.41) is 5.61. The Kier molecular flexibility index (Phi) is 3.35. The van der Waals surface area contributed by atoms with E-state index < -0.39 is 0 Å². The molecule has 0 bridgehead atoms. The molecule has 1 saturated carbocycles. The van der Waals surface area contributed by atoms with Crippen LogP contribution >= 0.6 is 0 Å². The number of ketones is 1. The SMILES string of the molecule is [C-]#[N+]c1ccc2c(c1)CC(=O)C2c1c2cncnc2nn1C1CCCC1. The maximum Gasteiger partial charge on any atom is 0.187 e. The maximum atomic E-state index is 13.0. The summed E-state index contributed by atoms with van der Waals surface area (Å²) in [6.45, 7) is 7.21. The molecule has 128 valence electrons. The van der Waals surface area contributed by atoms with E-state index in [2.05, 4.69) is 14.8 Å². The number of fused-ring (bicyclic) bond motifs is 2. The molecule has 26 heavy (non-hydrogen) atoms. The monoisotopic (exact) mass is 343 g/mol. The molecule has 6 heteroatoms. The van der Waals surface area contributed by atoms with Crippen LogP contribution in [0, 0.1) is 6.57 Å². The first kappa shape index (κ1) is 15.2. The molecule has 1 atom stereocenters. The van der Waals surface area contributed by atoms with Crippen molar-refractivity contribution in [3.63, 3.8) is 0 Å². The van der Waals surface area contributed by atoms with E-state index in [-0.39, 0.29) is 11.7 Å². The summed E-state index contributed by atoms with van der Waals surface area (Å²) in [5.74, 6) is -0.187. The Labute approximate surface area is 150 Å². The van der Waals surface area contributed by atoms with E-state index in [1.807, 2.05) is 16.8 Å². The van der Waals surface area contributed by atoms with Crippen LogP contribution in [-0.4, -0.2) is 25.5 Å². The fourth-order valence-corrected chi connectivity index (χ4v) is 4.44. The van der Waals surface area contributed by atoms with Crippen molar-refractivity contribution in [2.75, 3.05) is 0 Å². The summed E-state index contributed by atoms with van der Waals surface area (Å²) < 4.78 is 2.05. The normalized spacial score (nSPS) is 19.8. The zero-order valence-corrected chi connectivity index (χ0v) is 14.2. The quantitative estimate of drug-likeness (QED) is 0.665. The summed E-state index contributed by atoms with van der Waals surface area (Å²) in [7, 11) is 0. The zero-order chi connectivity index (χ0) is 17.7. The van der Waals surface area contributed by atoms with Crippen molar-refractivity contribution in [1.29, 1.82) is 0 Å². The molecule has 1 aromatic carbocycles. The average molecular weight is 343 g/mol. The molecule has 3 aromatic rings. The molecule has 2 aromatic heterocycles. The van der Waals surface area contributed by atoms with E-state index in [1.165, 1.54) is 19.2 Å². The standard InChI is InChI=1S/C20H17N5O/c1-21-13-6-7-15-12(8-13)9-17(26)18(15)19-16-10-22-11-23-20(16)24-25(19)14-4-2-3-5-14/h6-8,10-11,14,18H,2-5,9H2. The highest BCUT2D eigenvalue weighted by Gasteiger charge is 2.37. The van der Waals surface area contributed by atoms with E-state index in [9.17, 15) is 4.79 Å². The van der Waals surface area contributed by atoms with Crippen LogP contribution in [0.5, 0.6) is 0 Å². The molecule has 0 N–H and O–H groups in total. The summed E-state index contributed by atoms with van der Waals surface area (Å²) >= 11 is 0. The van der Waals surface area contributed by atoms with Crippen LogP contribution in [0.1, 0.15) is 54.5 Å². The van der Waals surface area contributed by atoms with Gasteiger partial charge in [-0.3, -0.25) is 9.48 Å². The lowest BCUT2D eigenvalue weighted by atomic mass is 9.94. The molecule has 0 spiro atoms. The van der Waals surface area contributed by atoms with Crippen LogP contribution in [0.4, 0.5) is 5.69 Å². The molecule has 2 aliphatic carbocycles. The summed E-state index contributed by atoms with van der Waals surface area (Å²) in [6.07, 6.45) is 8.19. The first-order valence-electron chi connectivity index (χ1n) is 8.97. The van der Waals surface area contributed by atoms with Crippen LogP contribution in [0.2, 0.25) is 0 Å². The number of aromatic nitrogens is 4. The smallest absolute Gasteiger partial charge is 0.187 e. The van der Waals surface area contributed by atoms with Gasteiger partial charge in [0.1, 0.15) is 6.33 Å². The van der Waals surface area contributed by atoms with Crippen molar-refractivity contribution in [1.82, 2.24) is 19.7 Å². The third kappa shape index (κ3) is 2.17. The molecule has 0 radical (unpaired) electrons. The summed E-state index contributed by atoms with van der Waals surface area (Å²) in [5.41, 5.74) is 4.10. The number of hydrogen-bond donors (Lipinski definition) is 0. The number of rotatable bonds is 2. The molecule has 2 aliphatic rings. The molecule has 0 amide bonds. The zero-order valence-electron chi connectivity index (χ0n) is 14.2. The van der Waals surface area contributed by atoms with Gasteiger partial charge in [-0.15, -0.1) is 0 Å². The Balaban J connectivity index is 1.73. The van der Waals surface area contributed by atoms with E-state index in [1.54, 1.807) is 12.3 Å². The molecule has 0 saturated heterocycles. The third-order valence-electron chi connectivity index (χ3n) is 5.61. The van der Waals surface area contributed by atoms with Gasteiger partial charge in [0.2, 0.25) is 0 Å². The third-order valence-corrected chi connectivity index (χ3v) is 5.61. The lowest BCUT2D eigenvalue weighted by molar-refractivity contribution is -0.118. The first-order chi connectivity index (χ1) is 12.8. The lowest BCUT2D eigenvalue weighted by Gasteiger charge is -2.18. The Morgan fingerprint density at radius 3 is 2.88 bits per heavy atom. The van der Waals surface area contributed by atoms with Crippen LogP contribution < -0.4 is 0 Å². The van der Waals surface area contributed by atoms with Crippen molar-refractivity contribution in [3.8, 4) is 0 Å². The molecule has 5 rings (SSSR count). The molecule has 0 aliphatic heterocycles. The van der Waals surface area contributed by atoms with Gasteiger partial charge in [-0.25, -0.2) is 14.8 Å². The van der Waals surface area contributed by atoms with Crippen molar-refractivity contribution < 1.29 is 4.79 Å². The van der Waals surface area contributed by atoms with E-state index >= 15 is 0 Å². The number of Topliss-reactive ketones (excluding diaryl/α,β-unsaturated/α-hetero) is 1. The Bertz CT molecular complexity index is 1070. The minimum atomic E-state index is -0.346. The highest BCUT2D eigenvalue weighted by atomic mass is 16.1. The molecule has 1 fully saturated rings. The van der Waals surface area contributed by atoms with E-state index in [4.69, 9.17) is 11.7 Å². The van der Waals surface area contributed by atoms with E-state index in [0.29, 0.717) is 23.8 Å². The highest BCUT2D eigenvalue weighted by molar-refractivity contribution is 5.98. The van der Waals surface area contributed by atoms with Gasteiger partial charge >= 0.3 is 0 Å². The van der Waals surface area contributed by atoms with Crippen LogP contribution in [0.15, 0.2) is 30.7 Å². The fourth-order valence-electron chi connectivity index (χ4n) is 4.44. The van der Waals surface area contributed by atoms with Crippen LogP contribution in [-0.2, 0) is 11.2 Å². The summed E-state index contributed by atoms with van der Waals surface area (Å²) in [4.78, 5) is 25.0. The molecular weight excluding hydrogens is 326 g/mol. The van der Waals surface area contributed by atoms with Crippen LogP contribution in [0.3, 0.4) is 0 Å². The number of nitrogens with zero attached hydrogens (tertiary/aromatic N) is 5. The van der Waals surface area contributed by atoms with Gasteiger partial charge in [0.15, 0.2) is 17.1 Å². The Morgan fingerprint density at radius 1 is 1.23 bits per heavy atom. The van der Waals surface area contributed by atoms with Gasteiger partial charge in [-0.05, 0) is 24.0 Å². The minimum absolute atomic E-state index is 0.159. The number of benzene rings is 1. The molecular formula is C20H17N5O. The van der Waals surface area contributed by atoms with Crippen LogP contribution in [0.25, 0.3) is 15.9 Å². The molecule has 1 unspecified atom stereocenters.